The first-order chi connectivity index (χ1) is 14.1. The van der Waals surface area contributed by atoms with Gasteiger partial charge in [-0.05, 0) is 38.5 Å². The van der Waals surface area contributed by atoms with Crippen LogP contribution < -0.4 is 5.32 Å². The average Bonchev–Trinajstić information content (AvgIpc) is 3.29. The second-order valence-corrected chi connectivity index (χ2v) is 12.4. The first-order valence-electron chi connectivity index (χ1n) is 13.1. The molecule has 0 amide bonds. The number of unbranched alkanes of at least 4 members (excludes halogenated alkanes) is 8. The lowest BCUT2D eigenvalue weighted by molar-refractivity contribution is 0.449. The van der Waals surface area contributed by atoms with E-state index in [4.69, 9.17) is 0 Å². The van der Waals surface area contributed by atoms with Gasteiger partial charge in [0.2, 0.25) is 0 Å². The van der Waals surface area contributed by atoms with Gasteiger partial charge in [0.1, 0.15) is 0 Å². The normalized spacial score (nSPS) is 23.8. The van der Waals surface area contributed by atoms with Crippen molar-refractivity contribution in [2.45, 2.75) is 148 Å². The Bertz CT molecular complexity index is 379. The molecule has 1 aliphatic heterocycles. The molecule has 0 aliphatic carbocycles. The lowest BCUT2D eigenvalue weighted by atomic mass is 9.87. The maximum Gasteiger partial charge on any atom is 0.0466 e. The zero-order valence-corrected chi connectivity index (χ0v) is 22.3. The topological polar surface area (TPSA) is 21.9 Å². The molecular formula is C26H53NS2. The quantitative estimate of drug-likeness (QED) is 0.108. The molecule has 2 unspecified atom stereocenters. The van der Waals surface area contributed by atoms with Crippen LogP contribution in [0.4, 0.5) is 0 Å². The van der Waals surface area contributed by atoms with Crippen molar-refractivity contribution in [2.75, 3.05) is 11.5 Å². The molecule has 0 bridgehead atoms. The van der Waals surface area contributed by atoms with Gasteiger partial charge in [-0.1, -0.05) is 126 Å². The Kier molecular flexibility index (Phi) is 15.6. The third-order valence-corrected chi connectivity index (χ3v) is 9.77. The molecule has 0 spiro atoms. The molecule has 1 rings (SSSR count). The minimum atomic E-state index is 0.408. The van der Waals surface area contributed by atoms with E-state index >= 15 is 0 Å². The van der Waals surface area contributed by atoms with E-state index in [-0.39, 0.29) is 0 Å². The highest BCUT2D eigenvalue weighted by atomic mass is 33.1. The predicted molar refractivity (Wildman–Crippen MR) is 139 cm³/mol. The van der Waals surface area contributed by atoms with Crippen molar-refractivity contribution in [2.24, 2.45) is 5.92 Å². The van der Waals surface area contributed by atoms with E-state index in [2.05, 4.69) is 61.5 Å². The maximum atomic E-state index is 4.01. The van der Waals surface area contributed by atoms with Gasteiger partial charge in [-0.2, -0.15) is 0 Å². The summed E-state index contributed by atoms with van der Waals surface area (Å²) in [6, 6.07) is 0. The Labute approximate surface area is 192 Å². The lowest BCUT2D eigenvalue weighted by Crippen LogP contribution is -2.26. The Balaban J connectivity index is 2.42. The van der Waals surface area contributed by atoms with Crippen molar-refractivity contribution in [1.29, 1.82) is 0 Å². The fourth-order valence-corrected chi connectivity index (χ4v) is 7.93. The molecule has 2 atom stereocenters. The van der Waals surface area contributed by atoms with Crippen LogP contribution in [-0.4, -0.2) is 22.6 Å². The largest absolute Gasteiger partial charge is 0.302 e. The van der Waals surface area contributed by atoms with Crippen molar-refractivity contribution >= 4 is 21.6 Å². The highest BCUT2D eigenvalue weighted by molar-refractivity contribution is 8.76. The van der Waals surface area contributed by atoms with Gasteiger partial charge in [-0.3, -0.25) is 0 Å². The van der Waals surface area contributed by atoms with Gasteiger partial charge < -0.3 is 5.32 Å². The molecule has 1 nitrogen and oxygen atoms in total. The summed E-state index contributed by atoms with van der Waals surface area (Å²) in [6.45, 7) is 11.8. The summed E-state index contributed by atoms with van der Waals surface area (Å²) in [5, 5.41) is 4.01. The Morgan fingerprint density at radius 1 is 0.655 bits per heavy atom. The molecule has 174 valence electrons. The van der Waals surface area contributed by atoms with E-state index in [1.165, 1.54) is 114 Å². The fraction of sp³-hybridized carbons (Fsp3) is 1.00. The minimum absolute atomic E-state index is 0.408. The maximum absolute atomic E-state index is 4.01. The number of hydrogen-bond donors (Lipinski definition) is 1. The highest BCUT2D eigenvalue weighted by Crippen LogP contribution is 2.49. The van der Waals surface area contributed by atoms with E-state index < -0.39 is 0 Å². The van der Waals surface area contributed by atoms with Gasteiger partial charge in [-0.15, -0.1) is 0 Å². The Hall–Kier alpha value is 0.660. The first-order valence-corrected chi connectivity index (χ1v) is 15.6. The van der Waals surface area contributed by atoms with Gasteiger partial charge in [0.25, 0.3) is 0 Å². The smallest absolute Gasteiger partial charge is 0.0466 e. The Morgan fingerprint density at radius 2 is 1.17 bits per heavy atom. The number of rotatable bonds is 21. The van der Waals surface area contributed by atoms with Crippen molar-refractivity contribution in [3.05, 3.63) is 0 Å². The summed E-state index contributed by atoms with van der Waals surface area (Å²) in [5.41, 5.74) is 0.832. The van der Waals surface area contributed by atoms with Gasteiger partial charge in [0.05, 0.1) is 0 Å². The van der Waals surface area contributed by atoms with E-state index in [1.807, 2.05) is 0 Å². The zero-order valence-electron chi connectivity index (χ0n) is 20.6. The fourth-order valence-electron chi connectivity index (χ4n) is 4.77. The van der Waals surface area contributed by atoms with Crippen LogP contribution >= 0.6 is 21.6 Å². The second-order valence-electron chi connectivity index (χ2n) is 9.86. The molecule has 1 heterocycles. The molecule has 0 aromatic heterocycles. The van der Waals surface area contributed by atoms with E-state index in [1.54, 1.807) is 0 Å². The van der Waals surface area contributed by atoms with Crippen LogP contribution in [-0.2, 0) is 0 Å². The van der Waals surface area contributed by atoms with E-state index in [0.717, 1.165) is 5.92 Å². The molecule has 1 fully saturated rings. The molecule has 0 aromatic rings. The van der Waals surface area contributed by atoms with Crippen LogP contribution in [0, 0.1) is 5.92 Å². The van der Waals surface area contributed by atoms with Crippen molar-refractivity contribution in [3.8, 4) is 0 Å². The third kappa shape index (κ3) is 10.7. The molecule has 0 aromatic carbocycles. The van der Waals surface area contributed by atoms with Crippen LogP contribution in [0.25, 0.3) is 0 Å². The molecular weight excluding hydrogens is 390 g/mol. The van der Waals surface area contributed by atoms with Gasteiger partial charge in [0.15, 0.2) is 0 Å². The van der Waals surface area contributed by atoms with Crippen LogP contribution in [0.5, 0.6) is 0 Å². The molecule has 1 aliphatic rings. The predicted octanol–water partition coefficient (Wildman–Crippen LogP) is 9.41. The zero-order chi connectivity index (χ0) is 21.4. The summed E-state index contributed by atoms with van der Waals surface area (Å²) >= 11 is 0. The minimum Gasteiger partial charge on any atom is -0.302 e. The van der Waals surface area contributed by atoms with Crippen LogP contribution in [0.1, 0.15) is 137 Å². The van der Waals surface area contributed by atoms with Crippen LogP contribution in [0.2, 0.25) is 0 Å². The summed E-state index contributed by atoms with van der Waals surface area (Å²) < 4.78 is 0. The van der Waals surface area contributed by atoms with E-state index in [0.29, 0.717) is 11.1 Å². The molecule has 0 saturated carbocycles. The first kappa shape index (κ1) is 27.7. The van der Waals surface area contributed by atoms with Crippen LogP contribution in [0.3, 0.4) is 0 Å². The average molecular weight is 444 g/mol. The molecule has 3 heteroatoms. The van der Waals surface area contributed by atoms with Crippen molar-refractivity contribution in [1.82, 2.24) is 5.32 Å². The second kappa shape index (κ2) is 16.3. The Morgan fingerprint density at radius 3 is 1.72 bits per heavy atom. The number of nitrogens with one attached hydrogen (secondary N) is 1. The van der Waals surface area contributed by atoms with E-state index in [9.17, 15) is 0 Å². The highest BCUT2D eigenvalue weighted by Gasteiger charge is 2.61. The standard InChI is InChI=1S/C26H53NS2/c1-6-10-14-18-24(19-15-11-7-2)22-28-29-23-26(21-17-13-9-4)25(5,27-26)20-16-12-8-3/h24,27H,6-23H2,1-5H3. The third-order valence-electron chi connectivity index (χ3n) is 7.12. The SMILES string of the molecule is CCCCCC(CCCCC)CSSCC1(CCCCC)NC1(C)CCCCC. The molecule has 1 N–H and O–H groups in total. The summed E-state index contributed by atoms with van der Waals surface area (Å²) in [6.07, 6.45) is 22.3. The molecule has 29 heavy (non-hydrogen) atoms. The van der Waals surface area contributed by atoms with Gasteiger partial charge in [-0.25, -0.2) is 0 Å². The summed E-state index contributed by atoms with van der Waals surface area (Å²) in [5.74, 6) is 3.63. The van der Waals surface area contributed by atoms with Crippen molar-refractivity contribution in [3.63, 3.8) is 0 Å². The molecule has 0 radical (unpaired) electrons. The summed E-state index contributed by atoms with van der Waals surface area (Å²) in [7, 11) is 4.37. The number of hydrogen-bond acceptors (Lipinski definition) is 3. The van der Waals surface area contributed by atoms with Gasteiger partial charge in [0, 0.05) is 22.6 Å². The van der Waals surface area contributed by atoms with Gasteiger partial charge >= 0.3 is 0 Å². The van der Waals surface area contributed by atoms with Crippen molar-refractivity contribution < 1.29 is 0 Å². The monoisotopic (exact) mass is 443 g/mol. The van der Waals surface area contributed by atoms with Crippen LogP contribution in [0.15, 0.2) is 0 Å². The molecule has 1 saturated heterocycles. The summed E-state index contributed by atoms with van der Waals surface area (Å²) in [4.78, 5) is 0. The lowest BCUT2D eigenvalue weighted by Gasteiger charge is -2.21.